The molecule has 0 saturated heterocycles. The van der Waals surface area contributed by atoms with Crippen molar-refractivity contribution in [1.29, 1.82) is 0 Å². The largest absolute Gasteiger partial charge is 0.399 e. The maximum atomic E-state index is 5.66. The number of rotatable bonds is 1. The molecule has 0 aliphatic rings. The van der Waals surface area contributed by atoms with Crippen LogP contribution >= 0.6 is 0 Å². The minimum Gasteiger partial charge on any atom is -0.399 e. The first kappa shape index (κ1) is 10.3. The van der Waals surface area contributed by atoms with Gasteiger partial charge >= 0.3 is 0 Å². The van der Waals surface area contributed by atoms with E-state index < -0.39 is 0 Å². The van der Waals surface area contributed by atoms with Gasteiger partial charge in [-0.15, -0.1) is 0 Å². The van der Waals surface area contributed by atoms with Gasteiger partial charge in [0.1, 0.15) is 0 Å². The average Bonchev–Trinajstić information content (AvgIpc) is 1.85. The van der Waals surface area contributed by atoms with Crippen LogP contribution < -0.4 is 5.73 Å². The summed E-state index contributed by atoms with van der Waals surface area (Å²) in [6.07, 6.45) is 3.94. The zero-order valence-corrected chi connectivity index (χ0v) is 8.23. The Bertz CT molecular complexity index is 180. The molecule has 0 aromatic rings. The molecular weight excluding hydrogens is 134 g/mol. The summed E-state index contributed by atoms with van der Waals surface area (Å²) in [4.78, 5) is 0. The fourth-order valence-corrected chi connectivity index (χ4v) is 0.550. The smallest absolute Gasteiger partial charge is 0.0270 e. The Morgan fingerprint density at radius 1 is 1.27 bits per heavy atom. The summed E-state index contributed by atoms with van der Waals surface area (Å²) in [5.41, 5.74) is 8.04. The van der Waals surface area contributed by atoms with Gasteiger partial charge in [-0.25, -0.2) is 0 Å². The lowest BCUT2D eigenvalue weighted by atomic mass is 9.87. The van der Waals surface area contributed by atoms with Gasteiger partial charge in [0.25, 0.3) is 0 Å². The lowest BCUT2D eigenvalue weighted by Crippen LogP contribution is -2.08. The monoisotopic (exact) mass is 153 g/mol. The fraction of sp³-hybridized carbons (Fsp3) is 0.600. The van der Waals surface area contributed by atoms with Crippen molar-refractivity contribution in [3.05, 3.63) is 23.4 Å². The van der Waals surface area contributed by atoms with Gasteiger partial charge in [0.15, 0.2) is 0 Å². The van der Waals surface area contributed by atoms with Crippen molar-refractivity contribution in [2.75, 3.05) is 0 Å². The summed E-state index contributed by atoms with van der Waals surface area (Å²) >= 11 is 0. The molecule has 11 heavy (non-hydrogen) atoms. The maximum absolute atomic E-state index is 5.66. The molecule has 0 bridgehead atoms. The Morgan fingerprint density at radius 2 is 1.73 bits per heavy atom. The van der Waals surface area contributed by atoms with Gasteiger partial charge < -0.3 is 5.73 Å². The molecule has 0 amide bonds. The van der Waals surface area contributed by atoms with Crippen molar-refractivity contribution in [3.63, 3.8) is 0 Å². The van der Waals surface area contributed by atoms with Crippen LogP contribution in [0.25, 0.3) is 0 Å². The molecule has 0 aromatic heterocycles. The Hall–Kier alpha value is -0.720. The summed E-state index contributed by atoms with van der Waals surface area (Å²) in [5.74, 6) is 0. The van der Waals surface area contributed by atoms with Crippen molar-refractivity contribution < 1.29 is 0 Å². The van der Waals surface area contributed by atoms with E-state index in [1.54, 1.807) is 0 Å². The Labute approximate surface area is 70.0 Å². The Balaban J connectivity index is 4.48. The molecule has 1 heteroatoms. The molecule has 0 heterocycles. The summed E-state index contributed by atoms with van der Waals surface area (Å²) in [6.45, 7) is 10.6. The zero-order valence-electron chi connectivity index (χ0n) is 8.23. The van der Waals surface area contributed by atoms with E-state index in [0.717, 1.165) is 5.70 Å². The molecule has 2 N–H and O–H groups in total. The zero-order chi connectivity index (χ0) is 9.07. The lowest BCUT2D eigenvalue weighted by molar-refractivity contribution is 0.503. The Kier molecular flexibility index (Phi) is 3.37. The molecule has 0 fully saturated rings. The molecule has 0 rings (SSSR count). The van der Waals surface area contributed by atoms with Crippen molar-refractivity contribution >= 4 is 0 Å². The lowest BCUT2D eigenvalue weighted by Gasteiger charge is -2.19. The molecule has 0 aromatic carbocycles. The van der Waals surface area contributed by atoms with Crippen LogP contribution in [0.3, 0.4) is 0 Å². The second-order valence-corrected chi connectivity index (χ2v) is 3.87. The summed E-state index contributed by atoms with van der Waals surface area (Å²) in [6, 6.07) is 0. The van der Waals surface area contributed by atoms with E-state index in [-0.39, 0.29) is 5.41 Å². The van der Waals surface area contributed by atoms with E-state index in [2.05, 4.69) is 27.7 Å². The molecule has 0 radical (unpaired) electrons. The van der Waals surface area contributed by atoms with Crippen LogP contribution in [-0.2, 0) is 0 Å². The van der Waals surface area contributed by atoms with Crippen LogP contribution in [0.5, 0.6) is 0 Å². The molecule has 0 spiro atoms. The van der Waals surface area contributed by atoms with E-state index in [9.17, 15) is 0 Å². The second-order valence-electron chi connectivity index (χ2n) is 3.87. The maximum Gasteiger partial charge on any atom is 0.0270 e. The Morgan fingerprint density at radius 3 is 2.00 bits per heavy atom. The van der Waals surface area contributed by atoms with Gasteiger partial charge in [0.2, 0.25) is 0 Å². The van der Waals surface area contributed by atoms with E-state index in [1.165, 1.54) is 5.57 Å². The third kappa shape index (κ3) is 3.87. The van der Waals surface area contributed by atoms with Crippen molar-refractivity contribution in [2.45, 2.75) is 34.6 Å². The number of nitrogens with two attached hydrogens (primary N) is 1. The molecular formula is C10H19N. The second kappa shape index (κ2) is 3.61. The topological polar surface area (TPSA) is 26.0 Å². The van der Waals surface area contributed by atoms with Crippen LogP contribution in [0.1, 0.15) is 34.6 Å². The summed E-state index contributed by atoms with van der Waals surface area (Å²) in [5, 5.41) is 0. The van der Waals surface area contributed by atoms with Gasteiger partial charge in [0, 0.05) is 5.70 Å². The van der Waals surface area contributed by atoms with Crippen LogP contribution in [0.15, 0.2) is 23.4 Å². The minimum absolute atomic E-state index is 0.230. The van der Waals surface area contributed by atoms with Crippen molar-refractivity contribution in [2.24, 2.45) is 11.1 Å². The predicted octanol–water partition coefficient (Wildman–Crippen LogP) is 2.84. The first-order chi connectivity index (χ1) is 4.88. The van der Waals surface area contributed by atoms with Gasteiger partial charge in [-0.2, -0.15) is 0 Å². The highest BCUT2D eigenvalue weighted by Crippen LogP contribution is 2.24. The highest BCUT2D eigenvalue weighted by atomic mass is 14.6. The molecule has 1 nitrogen and oxygen atoms in total. The normalized spacial score (nSPS) is 15.4. The highest BCUT2D eigenvalue weighted by molar-refractivity contribution is 5.22. The molecule has 0 atom stereocenters. The van der Waals surface area contributed by atoms with Crippen LogP contribution in [0.2, 0.25) is 0 Å². The SMILES string of the molecule is C/C=C(N)\C=C(/C)C(C)(C)C. The van der Waals surface area contributed by atoms with Crippen LogP contribution in [0.4, 0.5) is 0 Å². The van der Waals surface area contributed by atoms with E-state index in [4.69, 9.17) is 5.73 Å². The van der Waals surface area contributed by atoms with Crippen LogP contribution in [-0.4, -0.2) is 0 Å². The molecule has 64 valence electrons. The molecule has 0 unspecified atom stereocenters. The quantitative estimate of drug-likeness (QED) is 0.576. The predicted molar refractivity (Wildman–Crippen MR) is 51.2 cm³/mol. The molecule has 0 aliphatic heterocycles. The standard InChI is InChI=1S/C10H19N/c1-6-9(11)7-8(2)10(3,4)5/h6-7H,11H2,1-5H3/b8-7+,9-6+. The highest BCUT2D eigenvalue weighted by Gasteiger charge is 2.11. The first-order valence-electron chi connectivity index (χ1n) is 3.98. The third-order valence-electron chi connectivity index (χ3n) is 1.90. The molecule has 0 aliphatic carbocycles. The summed E-state index contributed by atoms with van der Waals surface area (Å²) < 4.78 is 0. The average molecular weight is 153 g/mol. The van der Waals surface area contributed by atoms with Gasteiger partial charge in [-0.05, 0) is 25.3 Å². The third-order valence-corrected chi connectivity index (χ3v) is 1.90. The van der Waals surface area contributed by atoms with Gasteiger partial charge in [-0.3, -0.25) is 0 Å². The minimum atomic E-state index is 0.230. The van der Waals surface area contributed by atoms with E-state index in [0.29, 0.717) is 0 Å². The fourth-order valence-electron chi connectivity index (χ4n) is 0.550. The van der Waals surface area contributed by atoms with Crippen LogP contribution in [0, 0.1) is 5.41 Å². The van der Waals surface area contributed by atoms with E-state index >= 15 is 0 Å². The number of allylic oxidation sites excluding steroid dienone is 3. The van der Waals surface area contributed by atoms with E-state index in [1.807, 2.05) is 19.1 Å². The first-order valence-corrected chi connectivity index (χ1v) is 3.98. The number of hydrogen-bond acceptors (Lipinski definition) is 1. The summed E-state index contributed by atoms with van der Waals surface area (Å²) in [7, 11) is 0. The van der Waals surface area contributed by atoms with Gasteiger partial charge in [-0.1, -0.05) is 32.4 Å². The van der Waals surface area contributed by atoms with Crippen molar-refractivity contribution in [1.82, 2.24) is 0 Å². The number of hydrogen-bond donors (Lipinski definition) is 1. The van der Waals surface area contributed by atoms with Crippen molar-refractivity contribution in [3.8, 4) is 0 Å². The molecule has 0 saturated carbocycles. The van der Waals surface area contributed by atoms with Gasteiger partial charge in [0.05, 0.1) is 0 Å².